The molecular weight excluding hydrogens is 408 g/mol. The van der Waals surface area contributed by atoms with Gasteiger partial charge in [0.15, 0.2) is 0 Å². The van der Waals surface area contributed by atoms with E-state index < -0.39 is 0 Å². The summed E-state index contributed by atoms with van der Waals surface area (Å²) >= 11 is 11.0. The highest BCUT2D eigenvalue weighted by Gasteiger charge is 2.05. The standard InChI is InChI=1S/C18H18BrClN2OS/c19-13-9-12(10-14(20)11-13)5-3-1-2-4-6-16-21-15-7-8-24-17(15)18(23)22-16/h7-11H,1-6H2,(H,21,22,23). The average molecular weight is 426 g/mol. The molecule has 0 saturated heterocycles. The second-order valence-corrected chi connectivity index (χ2v) is 8.11. The largest absolute Gasteiger partial charge is 0.309 e. The molecule has 0 aliphatic heterocycles. The summed E-state index contributed by atoms with van der Waals surface area (Å²) < 4.78 is 1.75. The summed E-state index contributed by atoms with van der Waals surface area (Å²) in [4.78, 5) is 19.3. The molecule has 3 rings (SSSR count). The summed E-state index contributed by atoms with van der Waals surface area (Å²) in [5.74, 6) is 0.796. The number of benzene rings is 1. The zero-order valence-electron chi connectivity index (χ0n) is 13.1. The third-order valence-corrected chi connectivity index (χ3v) is 5.49. The van der Waals surface area contributed by atoms with E-state index in [2.05, 4.69) is 32.0 Å². The lowest BCUT2D eigenvalue weighted by Crippen LogP contribution is -2.10. The van der Waals surface area contributed by atoms with Crippen molar-refractivity contribution in [2.45, 2.75) is 38.5 Å². The van der Waals surface area contributed by atoms with Crippen LogP contribution in [0.2, 0.25) is 5.02 Å². The molecule has 0 bridgehead atoms. The van der Waals surface area contributed by atoms with Crippen LogP contribution in [0.5, 0.6) is 0 Å². The Balaban J connectivity index is 1.42. The maximum atomic E-state index is 11.9. The van der Waals surface area contributed by atoms with Crippen LogP contribution in [-0.2, 0) is 12.8 Å². The van der Waals surface area contributed by atoms with Crippen molar-refractivity contribution in [3.63, 3.8) is 0 Å². The van der Waals surface area contributed by atoms with Crippen LogP contribution in [0, 0.1) is 0 Å². The van der Waals surface area contributed by atoms with E-state index in [-0.39, 0.29) is 5.56 Å². The van der Waals surface area contributed by atoms with E-state index in [0.29, 0.717) is 4.70 Å². The lowest BCUT2D eigenvalue weighted by atomic mass is 10.1. The Bertz CT molecular complexity index is 870. The topological polar surface area (TPSA) is 45.8 Å². The van der Waals surface area contributed by atoms with Gasteiger partial charge in [-0.3, -0.25) is 4.79 Å². The second-order valence-electron chi connectivity index (χ2n) is 5.84. The first-order chi connectivity index (χ1) is 11.6. The van der Waals surface area contributed by atoms with Crippen LogP contribution in [0.25, 0.3) is 10.2 Å². The average Bonchev–Trinajstić information content (AvgIpc) is 2.99. The van der Waals surface area contributed by atoms with Crippen LogP contribution in [0.1, 0.15) is 37.1 Å². The summed E-state index contributed by atoms with van der Waals surface area (Å²) in [5.41, 5.74) is 2.06. The summed E-state index contributed by atoms with van der Waals surface area (Å²) in [7, 11) is 0. The zero-order chi connectivity index (χ0) is 16.9. The molecule has 0 unspecified atom stereocenters. The molecule has 0 fully saturated rings. The normalized spacial score (nSPS) is 11.2. The van der Waals surface area contributed by atoms with E-state index in [4.69, 9.17) is 11.6 Å². The van der Waals surface area contributed by atoms with Gasteiger partial charge in [-0.2, -0.15) is 0 Å². The molecule has 2 aromatic heterocycles. The number of nitrogens with one attached hydrogen (secondary N) is 1. The first-order valence-electron chi connectivity index (χ1n) is 8.03. The monoisotopic (exact) mass is 424 g/mol. The predicted octanol–water partition coefficient (Wildman–Crippen LogP) is 5.75. The number of fused-ring (bicyclic) bond motifs is 1. The first-order valence-corrected chi connectivity index (χ1v) is 10.1. The van der Waals surface area contributed by atoms with Crippen molar-refractivity contribution in [1.29, 1.82) is 0 Å². The third kappa shape index (κ3) is 4.68. The Kier molecular flexibility index (Phi) is 6.09. The highest BCUT2D eigenvalue weighted by molar-refractivity contribution is 9.10. The third-order valence-electron chi connectivity index (χ3n) is 3.92. The minimum atomic E-state index is -0.0171. The maximum Gasteiger partial charge on any atom is 0.268 e. The number of aromatic amines is 1. The Labute approximate surface area is 158 Å². The van der Waals surface area contributed by atoms with Crippen LogP contribution >= 0.6 is 38.9 Å². The molecule has 0 aliphatic carbocycles. The van der Waals surface area contributed by atoms with Gasteiger partial charge >= 0.3 is 0 Å². The molecule has 2 heterocycles. The number of unbranched alkanes of at least 4 members (excludes halogenated alkanes) is 3. The molecule has 1 N–H and O–H groups in total. The lowest BCUT2D eigenvalue weighted by Gasteiger charge is -2.04. The Morgan fingerprint density at radius 2 is 1.92 bits per heavy atom. The quantitative estimate of drug-likeness (QED) is 0.490. The summed E-state index contributed by atoms with van der Waals surface area (Å²) in [6.07, 6.45) is 6.33. The van der Waals surface area contributed by atoms with Gasteiger partial charge in [-0.25, -0.2) is 4.98 Å². The maximum absolute atomic E-state index is 11.9. The molecule has 1 aromatic carbocycles. The summed E-state index contributed by atoms with van der Waals surface area (Å²) in [6, 6.07) is 7.96. The van der Waals surface area contributed by atoms with Crippen molar-refractivity contribution >= 4 is 49.1 Å². The number of nitrogens with zero attached hydrogens (tertiary/aromatic N) is 1. The number of hydrogen-bond acceptors (Lipinski definition) is 3. The number of thiophene rings is 1. The molecule has 0 aliphatic rings. The highest BCUT2D eigenvalue weighted by Crippen LogP contribution is 2.21. The molecule has 0 spiro atoms. The van der Waals surface area contributed by atoms with Gasteiger partial charge in [-0.05, 0) is 54.5 Å². The van der Waals surface area contributed by atoms with Crippen molar-refractivity contribution in [3.05, 3.63) is 60.9 Å². The van der Waals surface area contributed by atoms with Crippen LogP contribution < -0.4 is 5.56 Å². The van der Waals surface area contributed by atoms with Gasteiger partial charge in [0.05, 0.1) is 5.52 Å². The fourth-order valence-electron chi connectivity index (χ4n) is 2.77. The van der Waals surface area contributed by atoms with Crippen LogP contribution in [-0.4, -0.2) is 9.97 Å². The number of aromatic nitrogens is 2. The molecule has 3 aromatic rings. The smallest absolute Gasteiger partial charge is 0.268 e. The van der Waals surface area contributed by atoms with E-state index in [1.54, 1.807) is 0 Å². The number of aryl methyl sites for hydroxylation is 2. The highest BCUT2D eigenvalue weighted by atomic mass is 79.9. The van der Waals surface area contributed by atoms with Crippen LogP contribution in [0.4, 0.5) is 0 Å². The van der Waals surface area contributed by atoms with E-state index >= 15 is 0 Å². The number of hydrogen-bond donors (Lipinski definition) is 1. The SMILES string of the molecule is O=c1[nH]c(CCCCCCc2cc(Cl)cc(Br)c2)nc2ccsc12. The second kappa shape index (κ2) is 8.28. The van der Waals surface area contributed by atoms with Crippen molar-refractivity contribution in [2.24, 2.45) is 0 Å². The Morgan fingerprint density at radius 1 is 1.12 bits per heavy atom. The molecule has 0 amide bonds. The van der Waals surface area contributed by atoms with Gasteiger partial charge in [0.1, 0.15) is 10.5 Å². The van der Waals surface area contributed by atoms with Gasteiger partial charge < -0.3 is 4.98 Å². The van der Waals surface area contributed by atoms with Gasteiger partial charge in [0.25, 0.3) is 5.56 Å². The predicted molar refractivity (Wildman–Crippen MR) is 105 cm³/mol. The number of H-pyrrole nitrogens is 1. The van der Waals surface area contributed by atoms with Crippen LogP contribution in [0.15, 0.2) is 38.9 Å². The van der Waals surface area contributed by atoms with Crippen LogP contribution in [0.3, 0.4) is 0 Å². The molecule has 0 atom stereocenters. The Morgan fingerprint density at radius 3 is 2.71 bits per heavy atom. The molecule has 3 nitrogen and oxygen atoms in total. The van der Waals surface area contributed by atoms with Crippen molar-refractivity contribution in [2.75, 3.05) is 0 Å². The fraction of sp³-hybridized carbons (Fsp3) is 0.333. The zero-order valence-corrected chi connectivity index (χ0v) is 16.3. The molecule has 0 saturated carbocycles. The summed E-state index contributed by atoms with van der Waals surface area (Å²) in [5, 5.41) is 2.68. The minimum Gasteiger partial charge on any atom is -0.309 e. The summed E-state index contributed by atoms with van der Waals surface area (Å²) in [6.45, 7) is 0. The van der Waals surface area contributed by atoms with Gasteiger partial charge in [0, 0.05) is 15.9 Å². The van der Waals surface area contributed by atoms with Gasteiger partial charge in [-0.15, -0.1) is 11.3 Å². The van der Waals surface area contributed by atoms with E-state index in [9.17, 15) is 4.79 Å². The molecule has 0 radical (unpaired) electrons. The van der Waals surface area contributed by atoms with Crippen molar-refractivity contribution < 1.29 is 0 Å². The number of rotatable bonds is 7. The number of halogens is 2. The minimum absolute atomic E-state index is 0.0171. The first kappa shape index (κ1) is 17.6. The van der Waals surface area contributed by atoms with Gasteiger partial charge in [-0.1, -0.05) is 40.4 Å². The Hall–Kier alpha value is -1.17. The van der Waals surface area contributed by atoms with Crippen molar-refractivity contribution in [3.8, 4) is 0 Å². The molecule has 6 heteroatoms. The molecular formula is C18H18BrClN2OS. The van der Waals surface area contributed by atoms with E-state index in [1.165, 1.54) is 16.9 Å². The van der Waals surface area contributed by atoms with E-state index in [0.717, 1.165) is 59.4 Å². The molecule has 126 valence electrons. The van der Waals surface area contributed by atoms with E-state index in [1.807, 2.05) is 23.6 Å². The fourth-order valence-corrected chi connectivity index (χ4v) is 4.43. The lowest BCUT2D eigenvalue weighted by molar-refractivity contribution is 0.630. The molecule has 24 heavy (non-hydrogen) atoms. The van der Waals surface area contributed by atoms with Gasteiger partial charge in [0.2, 0.25) is 0 Å². The van der Waals surface area contributed by atoms with Crippen molar-refractivity contribution in [1.82, 2.24) is 9.97 Å².